The van der Waals surface area contributed by atoms with Gasteiger partial charge in [-0.25, -0.2) is 4.98 Å². The number of fused-ring (bicyclic) bond motifs is 1. The molecule has 84 valence electrons. The van der Waals surface area contributed by atoms with E-state index in [1.54, 1.807) is 13.0 Å². The van der Waals surface area contributed by atoms with E-state index in [2.05, 4.69) is 4.98 Å². The van der Waals surface area contributed by atoms with Crippen molar-refractivity contribution >= 4 is 34.1 Å². The standard InChI is InChI=1S/C12H11Cl2NO/c1-7(16)6-8-2-4-10-9(12(8)14)3-5-11(13)15-10/h2-5,7,16H,6H2,1H3. The summed E-state index contributed by atoms with van der Waals surface area (Å²) in [6.07, 6.45) is 0.132. The number of benzene rings is 1. The van der Waals surface area contributed by atoms with Crippen LogP contribution in [0, 0.1) is 0 Å². The molecule has 1 unspecified atom stereocenters. The van der Waals surface area contributed by atoms with Crippen LogP contribution in [0.3, 0.4) is 0 Å². The molecule has 2 nitrogen and oxygen atoms in total. The summed E-state index contributed by atoms with van der Waals surface area (Å²) < 4.78 is 0. The Balaban J connectivity index is 2.56. The van der Waals surface area contributed by atoms with E-state index < -0.39 is 6.10 Å². The molecule has 0 saturated carbocycles. The summed E-state index contributed by atoms with van der Waals surface area (Å²) in [5.74, 6) is 0. The zero-order valence-electron chi connectivity index (χ0n) is 8.74. The minimum atomic E-state index is -0.407. The van der Waals surface area contributed by atoms with Crippen molar-refractivity contribution in [3.05, 3.63) is 40.0 Å². The second-order valence-corrected chi connectivity index (χ2v) is 4.56. The van der Waals surface area contributed by atoms with Crippen LogP contribution in [0.1, 0.15) is 12.5 Å². The first kappa shape index (κ1) is 11.6. The van der Waals surface area contributed by atoms with Gasteiger partial charge in [0.2, 0.25) is 0 Å². The molecule has 0 radical (unpaired) electrons. The molecule has 0 fully saturated rings. The molecule has 0 aliphatic rings. The highest BCUT2D eigenvalue weighted by atomic mass is 35.5. The first-order valence-corrected chi connectivity index (χ1v) is 5.75. The molecule has 0 aliphatic heterocycles. The summed E-state index contributed by atoms with van der Waals surface area (Å²) in [7, 11) is 0. The first-order chi connectivity index (χ1) is 7.58. The number of pyridine rings is 1. The lowest BCUT2D eigenvalue weighted by Gasteiger charge is -2.09. The Morgan fingerprint density at radius 2 is 2.00 bits per heavy atom. The van der Waals surface area contributed by atoms with Gasteiger partial charge in [0.1, 0.15) is 5.15 Å². The Bertz CT molecular complexity index is 526. The minimum Gasteiger partial charge on any atom is -0.393 e. The Morgan fingerprint density at radius 3 is 2.69 bits per heavy atom. The van der Waals surface area contributed by atoms with Crippen LogP contribution in [0.5, 0.6) is 0 Å². The topological polar surface area (TPSA) is 33.1 Å². The number of nitrogens with zero attached hydrogens (tertiary/aromatic N) is 1. The number of aliphatic hydroxyl groups is 1. The molecule has 0 saturated heterocycles. The zero-order valence-corrected chi connectivity index (χ0v) is 10.3. The van der Waals surface area contributed by atoms with E-state index in [1.807, 2.05) is 18.2 Å². The smallest absolute Gasteiger partial charge is 0.129 e. The van der Waals surface area contributed by atoms with Gasteiger partial charge < -0.3 is 5.11 Å². The van der Waals surface area contributed by atoms with Crippen molar-refractivity contribution < 1.29 is 5.11 Å². The molecule has 1 aromatic carbocycles. The van der Waals surface area contributed by atoms with Crippen LogP contribution in [0.2, 0.25) is 10.2 Å². The van der Waals surface area contributed by atoms with Crippen molar-refractivity contribution in [2.45, 2.75) is 19.4 Å². The molecule has 1 atom stereocenters. The van der Waals surface area contributed by atoms with Gasteiger partial charge in [-0.15, -0.1) is 0 Å². The number of hydrogen-bond acceptors (Lipinski definition) is 2. The van der Waals surface area contributed by atoms with Crippen molar-refractivity contribution in [3.63, 3.8) is 0 Å². The molecular weight excluding hydrogens is 245 g/mol. The summed E-state index contributed by atoms with van der Waals surface area (Å²) in [6, 6.07) is 7.30. The molecular formula is C12H11Cl2NO. The van der Waals surface area contributed by atoms with Gasteiger partial charge in [-0.05, 0) is 37.1 Å². The molecule has 2 rings (SSSR count). The van der Waals surface area contributed by atoms with Crippen LogP contribution in [-0.2, 0) is 6.42 Å². The second-order valence-electron chi connectivity index (χ2n) is 3.79. The van der Waals surface area contributed by atoms with E-state index in [1.165, 1.54) is 0 Å². The van der Waals surface area contributed by atoms with E-state index in [0.29, 0.717) is 16.6 Å². The third-order valence-electron chi connectivity index (χ3n) is 2.37. The van der Waals surface area contributed by atoms with Gasteiger partial charge in [-0.2, -0.15) is 0 Å². The van der Waals surface area contributed by atoms with Gasteiger partial charge in [0, 0.05) is 5.39 Å². The van der Waals surface area contributed by atoms with Crippen LogP contribution in [0.15, 0.2) is 24.3 Å². The van der Waals surface area contributed by atoms with Crippen LogP contribution in [0.25, 0.3) is 10.9 Å². The van der Waals surface area contributed by atoms with E-state index >= 15 is 0 Å². The second kappa shape index (κ2) is 4.58. The molecule has 0 bridgehead atoms. The highest BCUT2D eigenvalue weighted by Gasteiger charge is 2.08. The molecule has 1 N–H and O–H groups in total. The van der Waals surface area contributed by atoms with Gasteiger partial charge >= 0.3 is 0 Å². The minimum absolute atomic E-state index is 0.407. The lowest BCUT2D eigenvalue weighted by atomic mass is 10.1. The summed E-state index contributed by atoms with van der Waals surface area (Å²) in [5.41, 5.74) is 1.69. The maximum absolute atomic E-state index is 9.35. The zero-order chi connectivity index (χ0) is 11.7. The lowest BCUT2D eigenvalue weighted by molar-refractivity contribution is 0.195. The maximum atomic E-state index is 9.35. The van der Waals surface area contributed by atoms with Crippen LogP contribution in [-0.4, -0.2) is 16.2 Å². The monoisotopic (exact) mass is 255 g/mol. The Morgan fingerprint density at radius 1 is 1.25 bits per heavy atom. The molecule has 0 aliphatic carbocycles. The lowest BCUT2D eigenvalue weighted by Crippen LogP contribution is -2.04. The van der Waals surface area contributed by atoms with Crippen molar-refractivity contribution in [2.75, 3.05) is 0 Å². The summed E-state index contributed by atoms with van der Waals surface area (Å²) >= 11 is 12.0. The average molecular weight is 256 g/mol. The van der Waals surface area contributed by atoms with Crippen LogP contribution < -0.4 is 0 Å². The van der Waals surface area contributed by atoms with E-state index in [-0.39, 0.29) is 0 Å². The largest absolute Gasteiger partial charge is 0.393 e. The Kier molecular flexibility index (Phi) is 3.33. The highest BCUT2D eigenvalue weighted by Crippen LogP contribution is 2.28. The fraction of sp³-hybridized carbons (Fsp3) is 0.250. The van der Waals surface area contributed by atoms with E-state index in [4.69, 9.17) is 23.2 Å². The van der Waals surface area contributed by atoms with Gasteiger partial charge in [-0.3, -0.25) is 0 Å². The first-order valence-electron chi connectivity index (χ1n) is 4.99. The predicted molar refractivity (Wildman–Crippen MR) is 67.1 cm³/mol. The fourth-order valence-electron chi connectivity index (χ4n) is 1.66. The number of aliphatic hydroxyl groups excluding tert-OH is 1. The van der Waals surface area contributed by atoms with Gasteiger partial charge in [0.25, 0.3) is 0 Å². The van der Waals surface area contributed by atoms with E-state index in [0.717, 1.165) is 16.5 Å². The van der Waals surface area contributed by atoms with Crippen molar-refractivity contribution in [3.8, 4) is 0 Å². The van der Waals surface area contributed by atoms with Gasteiger partial charge in [0.05, 0.1) is 16.6 Å². The van der Waals surface area contributed by atoms with Gasteiger partial charge in [-0.1, -0.05) is 29.3 Å². The number of hydrogen-bond donors (Lipinski definition) is 1. The summed E-state index contributed by atoms with van der Waals surface area (Å²) in [5, 5.41) is 11.3. The van der Waals surface area contributed by atoms with E-state index in [9.17, 15) is 5.11 Å². The predicted octanol–water partition coefficient (Wildman–Crippen LogP) is 3.46. The summed E-state index contributed by atoms with van der Waals surface area (Å²) in [4.78, 5) is 4.18. The van der Waals surface area contributed by atoms with Crippen LogP contribution >= 0.6 is 23.2 Å². The molecule has 0 spiro atoms. The highest BCUT2D eigenvalue weighted by molar-refractivity contribution is 6.36. The van der Waals surface area contributed by atoms with Crippen molar-refractivity contribution in [1.29, 1.82) is 0 Å². The number of aromatic nitrogens is 1. The SMILES string of the molecule is CC(O)Cc1ccc2nc(Cl)ccc2c1Cl. The Hall–Kier alpha value is -0.830. The maximum Gasteiger partial charge on any atom is 0.129 e. The molecule has 0 amide bonds. The molecule has 1 heterocycles. The third-order valence-corrected chi connectivity index (χ3v) is 3.02. The number of halogens is 2. The molecule has 16 heavy (non-hydrogen) atoms. The fourth-order valence-corrected chi connectivity index (χ4v) is 2.12. The van der Waals surface area contributed by atoms with Crippen molar-refractivity contribution in [2.24, 2.45) is 0 Å². The quantitative estimate of drug-likeness (QED) is 0.834. The molecule has 2 aromatic rings. The molecule has 4 heteroatoms. The number of rotatable bonds is 2. The van der Waals surface area contributed by atoms with Crippen LogP contribution in [0.4, 0.5) is 0 Å². The summed E-state index contributed by atoms with van der Waals surface area (Å²) in [6.45, 7) is 1.74. The average Bonchev–Trinajstić information content (AvgIpc) is 2.22. The van der Waals surface area contributed by atoms with Gasteiger partial charge in [0.15, 0.2) is 0 Å². The third kappa shape index (κ3) is 2.29. The Labute approximate surface area is 104 Å². The normalized spacial score (nSPS) is 13.0. The molecule has 1 aromatic heterocycles. The van der Waals surface area contributed by atoms with Crippen molar-refractivity contribution in [1.82, 2.24) is 4.98 Å².